The molecular weight excluding hydrogens is 367 g/mol. The summed E-state index contributed by atoms with van der Waals surface area (Å²) in [5.41, 5.74) is 4.66. The van der Waals surface area contributed by atoms with Gasteiger partial charge in [0.05, 0.1) is 5.92 Å². The number of amides is 1. The zero-order valence-electron chi connectivity index (χ0n) is 14.5. The van der Waals surface area contributed by atoms with Gasteiger partial charge in [-0.05, 0) is 73.0 Å². The molecular formula is C21H18Cl2N2O. The topological polar surface area (TPSA) is 42.0 Å². The Bertz CT molecular complexity index is 919. The minimum absolute atomic E-state index is 0.115. The van der Waals surface area contributed by atoms with Gasteiger partial charge in [0.2, 0.25) is 5.91 Å². The molecule has 26 heavy (non-hydrogen) atoms. The van der Waals surface area contributed by atoms with Gasteiger partial charge < -0.3 is 5.32 Å². The molecule has 1 atom stereocenters. The molecule has 1 aromatic heterocycles. The Balaban J connectivity index is 1.73. The summed E-state index contributed by atoms with van der Waals surface area (Å²) < 4.78 is 0. The summed E-state index contributed by atoms with van der Waals surface area (Å²) in [5, 5.41) is 3.97. The minimum atomic E-state index is -0.367. The molecule has 132 valence electrons. The number of anilines is 1. The van der Waals surface area contributed by atoms with Gasteiger partial charge in [0.25, 0.3) is 0 Å². The fraction of sp³-hybridized carbons (Fsp3) is 0.143. The van der Waals surface area contributed by atoms with Crippen LogP contribution in [0.3, 0.4) is 0 Å². The van der Waals surface area contributed by atoms with Crippen molar-refractivity contribution in [1.82, 2.24) is 4.98 Å². The largest absolute Gasteiger partial charge is 0.326 e. The van der Waals surface area contributed by atoms with E-state index in [2.05, 4.69) is 10.3 Å². The van der Waals surface area contributed by atoms with Gasteiger partial charge in [-0.2, -0.15) is 0 Å². The van der Waals surface area contributed by atoms with Crippen LogP contribution in [0.5, 0.6) is 0 Å². The van der Waals surface area contributed by atoms with Crippen LogP contribution in [0.25, 0.3) is 11.1 Å². The van der Waals surface area contributed by atoms with E-state index in [0.29, 0.717) is 10.0 Å². The van der Waals surface area contributed by atoms with Crippen molar-refractivity contribution in [2.45, 2.75) is 19.8 Å². The molecule has 3 aromatic rings. The first kappa shape index (κ1) is 18.4. The number of carbonyl (C=O) groups is 1. The summed E-state index contributed by atoms with van der Waals surface area (Å²) in [6, 6.07) is 16.9. The van der Waals surface area contributed by atoms with Crippen LogP contribution < -0.4 is 5.32 Å². The summed E-state index contributed by atoms with van der Waals surface area (Å²) in [6.07, 6.45) is 1.79. The van der Waals surface area contributed by atoms with E-state index in [1.807, 2.05) is 50.2 Å². The number of rotatable bonds is 4. The lowest BCUT2D eigenvalue weighted by Gasteiger charge is -2.14. The van der Waals surface area contributed by atoms with Gasteiger partial charge in [-0.3, -0.25) is 9.78 Å². The molecule has 0 spiro atoms. The normalized spacial score (nSPS) is 11.8. The summed E-state index contributed by atoms with van der Waals surface area (Å²) in [7, 11) is 0. The number of hydrogen-bond donors (Lipinski definition) is 1. The number of nitrogens with one attached hydrogen (secondary N) is 1. The number of hydrogen-bond acceptors (Lipinski definition) is 2. The molecule has 5 heteroatoms. The SMILES string of the molecule is Cc1cc(-c2ccc(NC(=O)[C@H](C)c3cc(Cl)cc(Cl)c3)cc2)ccn1. The molecule has 2 aromatic carbocycles. The van der Waals surface area contributed by atoms with Crippen LogP contribution in [0.15, 0.2) is 60.8 Å². The Labute approximate surface area is 163 Å². The molecule has 0 aliphatic rings. The number of pyridine rings is 1. The van der Waals surface area contributed by atoms with Crippen LogP contribution in [0.2, 0.25) is 10.0 Å². The summed E-state index contributed by atoms with van der Waals surface area (Å²) in [4.78, 5) is 16.7. The van der Waals surface area contributed by atoms with E-state index in [4.69, 9.17) is 23.2 Å². The first-order valence-electron chi connectivity index (χ1n) is 8.22. The third kappa shape index (κ3) is 4.43. The van der Waals surface area contributed by atoms with Gasteiger partial charge in [0.1, 0.15) is 0 Å². The zero-order chi connectivity index (χ0) is 18.7. The maximum Gasteiger partial charge on any atom is 0.231 e. The highest BCUT2D eigenvalue weighted by Gasteiger charge is 2.16. The van der Waals surface area contributed by atoms with E-state index in [9.17, 15) is 4.79 Å². The quantitative estimate of drug-likeness (QED) is 0.589. The molecule has 0 bridgehead atoms. The number of aromatic nitrogens is 1. The summed E-state index contributed by atoms with van der Waals surface area (Å²) in [6.45, 7) is 3.78. The molecule has 0 saturated heterocycles. The zero-order valence-corrected chi connectivity index (χ0v) is 16.0. The van der Waals surface area contributed by atoms with E-state index >= 15 is 0 Å². The van der Waals surface area contributed by atoms with Crippen LogP contribution in [0, 0.1) is 6.92 Å². The van der Waals surface area contributed by atoms with E-state index in [1.165, 1.54) is 0 Å². The Morgan fingerprint density at radius 3 is 2.23 bits per heavy atom. The summed E-state index contributed by atoms with van der Waals surface area (Å²) >= 11 is 12.1. The van der Waals surface area contributed by atoms with Gasteiger partial charge in [0, 0.05) is 27.6 Å². The maximum absolute atomic E-state index is 12.5. The maximum atomic E-state index is 12.5. The molecule has 1 heterocycles. The Morgan fingerprint density at radius 1 is 0.962 bits per heavy atom. The lowest BCUT2D eigenvalue weighted by Crippen LogP contribution is -2.18. The van der Waals surface area contributed by atoms with Crippen molar-refractivity contribution in [1.29, 1.82) is 0 Å². The number of benzene rings is 2. The lowest BCUT2D eigenvalue weighted by molar-refractivity contribution is -0.117. The van der Waals surface area contributed by atoms with Crippen molar-refractivity contribution in [2.75, 3.05) is 5.32 Å². The molecule has 0 radical (unpaired) electrons. The van der Waals surface area contributed by atoms with Crippen molar-refractivity contribution in [3.8, 4) is 11.1 Å². The van der Waals surface area contributed by atoms with Crippen LogP contribution in [-0.4, -0.2) is 10.9 Å². The molecule has 3 nitrogen and oxygen atoms in total. The van der Waals surface area contributed by atoms with E-state index in [1.54, 1.807) is 24.4 Å². The molecule has 3 rings (SSSR count). The summed E-state index contributed by atoms with van der Waals surface area (Å²) in [5.74, 6) is -0.482. The molecule has 0 unspecified atom stereocenters. The van der Waals surface area contributed by atoms with Crippen LogP contribution in [0.4, 0.5) is 5.69 Å². The highest BCUT2D eigenvalue weighted by atomic mass is 35.5. The fourth-order valence-electron chi connectivity index (χ4n) is 2.70. The standard InChI is InChI=1S/C21H18Cl2N2O/c1-13-9-16(7-8-24-13)15-3-5-20(6-4-15)25-21(26)14(2)17-10-18(22)12-19(23)11-17/h3-12,14H,1-2H3,(H,25,26)/t14-/m1/s1. The fourth-order valence-corrected chi connectivity index (χ4v) is 3.24. The van der Waals surface area contributed by atoms with Crippen molar-refractivity contribution in [3.63, 3.8) is 0 Å². The average molecular weight is 385 g/mol. The van der Waals surface area contributed by atoms with Crippen molar-refractivity contribution in [3.05, 3.63) is 82.1 Å². The van der Waals surface area contributed by atoms with E-state index in [0.717, 1.165) is 28.1 Å². The molecule has 0 saturated carbocycles. The second kappa shape index (κ2) is 7.90. The third-order valence-electron chi connectivity index (χ3n) is 4.16. The molecule has 0 aliphatic heterocycles. The Morgan fingerprint density at radius 2 is 1.62 bits per heavy atom. The second-order valence-electron chi connectivity index (χ2n) is 6.18. The highest BCUT2D eigenvalue weighted by molar-refractivity contribution is 6.34. The van der Waals surface area contributed by atoms with E-state index in [-0.39, 0.29) is 11.8 Å². The molecule has 0 aliphatic carbocycles. The second-order valence-corrected chi connectivity index (χ2v) is 7.05. The number of halogens is 2. The van der Waals surface area contributed by atoms with Crippen LogP contribution in [0.1, 0.15) is 24.1 Å². The van der Waals surface area contributed by atoms with Crippen molar-refractivity contribution in [2.24, 2.45) is 0 Å². The average Bonchev–Trinajstić information content (AvgIpc) is 2.61. The molecule has 1 N–H and O–H groups in total. The number of aryl methyl sites for hydroxylation is 1. The molecule has 0 fully saturated rings. The molecule has 1 amide bonds. The van der Waals surface area contributed by atoms with Crippen molar-refractivity contribution >= 4 is 34.8 Å². The van der Waals surface area contributed by atoms with Gasteiger partial charge in [-0.25, -0.2) is 0 Å². The lowest BCUT2D eigenvalue weighted by atomic mass is 10.00. The van der Waals surface area contributed by atoms with Crippen LogP contribution >= 0.6 is 23.2 Å². The first-order chi connectivity index (χ1) is 12.4. The monoisotopic (exact) mass is 384 g/mol. The highest BCUT2D eigenvalue weighted by Crippen LogP contribution is 2.26. The first-order valence-corrected chi connectivity index (χ1v) is 8.98. The van der Waals surface area contributed by atoms with Crippen molar-refractivity contribution < 1.29 is 4.79 Å². The predicted molar refractivity (Wildman–Crippen MR) is 108 cm³/mol. The third-order valence-corrected chi connectivity index (χ3v) is 4.60. The predicted octanol–water partition coefficient (Wildman–Crippen LogP) is 6.11. The van der Waals surface area contributed by atoms with Gasteiger partial charge in [-0.15, -0.1) is 0 Å². The van der Waals surface area contributed by atoms with Crippen LogP contribution in [-0.2, 0) is 4.79 Å². The smallest absolute Gasteiger partial charge is 0.231 e. The minimum Gasteiger partial charge on any atom is -0.326 e. The van der Waals surface area contributed by atoms with E-state index < -0.39 is 0 Å². The van der Waals surface area contributed by atoms with Gasteiger partial charge in [-0.1, -0.05) is 35.3 Å². The van der Waals surface area contributed by atoms with Gasteiger partial charge >= 0.3 is 0 Å². The van der Waals surface area contributed by atoms with Gasteiger partial charge in [0.15, 0.2) is 0 Å². The Hall–Kier alpha value is -2.36. The number of carbonyl (C=O) groups excluding carboxylic acids is 1. The Kier molecular flexibility index (Phi) is 5.60. The number of nitrogens with zero attached hydrogens (tertiary/aromatic N) is 1.